The highest BCUT2D eigenvalue weighted by Crippen LogP contribution is 2.29. The van der Waals surface area contributed by atoms with Gasteiger partial charge in [-0.05, 0) is 38.0 Å². The number of benzene rings is 1. The quantitative estimate of drug-likeness (QED) is 0.519. The molecule has 5 rings (SSSR count). The minimum atomic E-state index is -0.309. The molecule has 1 fully saturated rings. The average Bonchev–Trinajstić information content (AvgIpc) is 3.34. The van der Waals surface area contributed by atoms with Crippen LogP contribution in [0.2, 0.25) is 0 Å². The van der Waals surface area contributed by atoms with Crippen LogP contribution in [-0.4, -0.2) is 42.7 Å². The van der Waals surface area contributed by atoms with Crippen LogP contribution in [0.15, 0.2) is 55.0 Å². The summed E-state index contributed by atoms with van der Waals surface area (Å²) in [5.74, 6) is 0.457. The molecule has 4 heterocycles. The standard InChI is InChI=1S/C23H23N7O2/c1-15-3-6-17(7-4-15)30-20(13-19(28-30)16-5-8-21(31)24-11-9-16)27-23(32)18-14-26-29-12-2-10-25-22(18)29/h2-4,6-7,10,12-14,16H,5,8-9,11H2,1H3,(H,24,31)(H,27,32). The first-order chi connectivity index (χ1) is 15.6. The fraction of sp³-hybridized carbons (Fsp3) is 0.261. The monoisotopic (exact) mass is 429 g/mol. The van der Waals surface area contributed by atoms with E-state index in [1.165, 1.54) is 6.20 Å². The molecule has 162 valence electrons. The minimum absolute atomic E-state index is 0.0691. The van der Waals surface area contributed by atoms with E-state index >= 15 is 0 Å². The molecular weight excluding hydrogens is 406 g/mol. The van der Waals surface area contributed by atoms with Crippen molar-refractivity contribution in [3.05, 3.63) is 71.8 Å². The molecule has 9 heteroatoms. The Hall–Kier alpha value is -4.01. The van der Waals surface area contributed by atoms with Crippen LogP contribution in [0.5, 0.6) is 0 Å². The predicted molar refractivity (Wildman–Crippen MR) is 119 cm³/mol. The van der Waals surface area contributed by atoms with Gasteiger partial charge in [-0.1, -0.05) is 17.7 Å². The summed E-state index contributed by atoms with van der Waals surface area (Å²) < 4.78 is 3.30. The van der Waals surface area contributed by atoms with Gasteiger partial charge in [-0.15, -0.1) is 0 Å². The van der Waals surface area contributed by atoms with Crippen LogP contribution in [0, 0.1) is 6.92 Å². The second-order valence-electron chi connectivity index (χ2n) is 7.98. The maximum atomic E-state index is 13.1. The Labute approximate surface area is 184 Å². The molecule has 0 radical (unpaired) electrons. The van der Waals surface area contributed by atoms with Crippen molar-refractivity contribution in [2.75, 3.05) is 11.9 Å². The molecule has 4 aromatic rings. The van der Waals surface area contributed by atoms with Crippen molar-refractivity contribution in [3.63, 3.8) is 0 Å². The first-order valence-electron chi connectivity index (χ1n) is 10.6. The lowest BCUT2D eigenvalue weighted by Gasteiger charge is -2.10. The van der Waals surface area contributed by atoms with E-state index in [-0.39, 0.29) is 17.7 Å². The van der Waals surface area contributed by atoms with Crippen LogP contribution < -0.4 is 10.6 Å². The van der Waals surface area contributed by atoms with E-state index in [0.29, 0.717) is 30.0 Å². The number of nitrogens with zero attached hydrogens (tertiary/aromatic N) is 5. The van der Waals surface area contributed by atoms with Crippen LogP contribution in [0.25, 0.3) is 11.3 Å². The number of nitrogens with one attached hydrogen (secondary N) is 2. The van der Waals surface area contributed by atoms with Crippen molar-refractivity contribution in [3.8, 4) is 5.69 Å². The van der Waals surface area contributed by atoms with Crippen molar-refractivity contribution in [2.45, 2.75) is 32.1 Å². The smallest absolute Gasteiger partial charge is 0.262 e. The minimum Gasteiger partial charge on any atom is -0.356 e. The van der Waals surface area contributed by atoms with E-state index in [1.54, 1.807) is 27.7 Å². The Morgan fingerprint density at radius 1 is 1.22 bits per heavy atom. The summed E-state index contributed by atoms with van der Waals surface area (Å²) in [4.78, 5) is 29.1. The Balaban J connectivity index is 1.50. The van der Waals surface area contributed by atoms with Gasteiger partial charge in [-0.2, -0.15) is 10.2 Å². The van der Waals surface area contributed by atoms with Gasteiger partial charge >= 0.3 is 0 Å². The average molecular weight is 429 g/mol. The molecule has 1 atom stereocenters. The topological polar surface area (TPSA) is 106 Å². The SMILES string of the molecule is Cc1ccc(-n2nc(C3CCNC(=O)CC3)cc2NC(=O)c2cnn3cccnc23)cc1. The number of carbonyl (C=O) groups is 2. The second-order valence-corrected chi connectivity index (χ2v) is 7.98. The van der Waals surface area contributed by atoms with E-state index in [2.05, 4.69) is 20.7 Å². The van der Waals surface area contributed by atoms with E-state index in [0.717, 1.165) is 29.8 Å². The van der Waals surface area contributed by atoms with Crippen LogP contribution in [0.1, 0.15) is 46.8 Å². The number of rotatable bonds is 4. The van der Waals surface area contributed by atoms with Crippen molar-refractivity contribution < 1.29 is 9.59 Å². The summed E-state index contributed by atoms with van der Waals surface area (Å²) in [5, 5.41) is 14.9. The molecule has 1 aliphatic heterocycles. The number of hydrogen-bond donors (Lipinski definition) is 2. The van der Waals surface area contributed by atoms with Crippen molar-refractivity contribution in [1.82, 2.24) is 29.7 Å². The highest BCUT2D eigenvalue weighted by molar-refractivity contribution is 6.07. The molecule has 0 spiro atoms. The Bertz CT molecular complexity index is 1290. The largest absolute Gasteiger partial charge is 0.356 e. The van der Waals surface area contributed by atoms with Crippen molar-refractivity contribution in [1.29, 1.82) is 0 Å². The van der Waals surface area contributed by atoms with E-state index in [4.69, 9.17) is 5.10 Å². The molecule has 1 aliphatic rings. The lowest BCUT2D eigenvalue weighted by molar-refractivity contribution is -0.120. The van der Waals surface area contributed by atoms with Gasteiger partial charge in [0.2, 0.25) is 5.91 Å². The highest BCUT2D eigenvalue weighted by atomic mass is 16.2. The number of anilines is 1. The molecule has 1 unspecified atom stereocenters. The van der Waals surface area contributed by atoms with E-state index in [1.807, 2.05) is 37.3 Å². The molecule has 2 N–H and O–H groups in total. The van der Waals surface area contributed by atoms with Crippen LogP contribution in [-0.2, 0) is 4.79 Å². The van der Waals surface area contributed by atoms with E-state index < -0.39 is 0 Å². The predicted octanol–water partition coefficient (Wildman–Crippen LogP) is 2.86. The lowest BCUT2D eigenvalue weighted by atomic mass is 9.97. The zero-order chi connectivity index (χ0) is 22.1. The summed E-state index contributed by atoms with van der Waals surface area (Å²) >= 11 is 0. The summed E-state index contributed by atoms with van der Waals surface area (Å²) in [6.07, 6.45) is 6.88. The Morgan fingerprint density at radius 3 is 2.91 bits per heavy atom. The van der Waals surface area contributed by atoms with Gasteiger partial charge in [0.25, 0.3) is 5.91 Å². The van der Waals surface area contributed by atoms with Gasteiger partial charge in [0.1, 0.15) is 11.4 Å². The molecule has 0 saturated carbocycles. The number of hydrogen-bond acceptors (Lipinski definition) is 5. The third-order valence-corrected chi connectivity index (χ3v) is 5.73. The van der Waals surface area contributed by atoms with Crippen molar-refractivity contribution >= 4 is 23.3 Å². The van der Waals surface area contributed by atoms with Gasteiger partial charge in [-0.25, -0.2) is 14.2 Å². The van der Waals surface area contributed by atoms with Gasteiger partial charge in [0, 0.05) is 37.3 Å². The highest BCUT2D eigenvalue weighted by Gasteiger charge is 2.23. The number of aryl methyl sites for hydroxylation is 1. The summed E-state index contributed by atoms with van der Waals surface area (Å²) in [6.45, 7) is 2.64. The van der Waals surface area contributed by atoms with Gasteiger partial charge < -0.3 is 10.6 Å². The molecule has 1 saturated heterocycles. The molecule has 1 aromatic carbocycles. The Kier molecular flexibility index (Phi) is 5.14. The number of carbonyl (C=O) groups excluding carboxylic acids is 2. The van der Waals surface area contributed by atoms with Gasteiger partial charge in [-0.3, -0.25) is 9.59 Å². The number of amides is 2. The van der Waals surface area contributed by atoms with E-state index in [9.17, 15) is 9.59 Å². The summed E-state index contributed by atoms with van der Waals surface area (Å²) in [5.41, 5.74) is 3.71. The third-order valence-electron chi connectivity index (χ3n) is 5.73. The maximum Gasteiger partial charge on any atom is 0.262 e. The molecule has 2 amide bonds. The van der Waals surface area contributed by atoms with Gasteiger partial charge in [0.15, 0.2) is 5.65 Å². The molecule has 0 bridgehead atoms. The Morgan fingerprint density at radius 2 is 2.06 bits per heavy atom. The van der Waals surface area contributed by atoms with Crippen molar-refractivity contribution in [2.24, 2.45) is 0 Å². The van der Waals surface area contributed by atoms with Crippen LogP contribution >= 0.6 is 0 Å². The molecular formula is C23H23N7O2. The summed E-state index contributed by atoms with van der Waals surface area (Å²) in [6, 6.07) is 11.6. The van der Waals surface area contributed by atoms with Gasteiger partial charge in [0.05, 0.1) is 17.6 Å². The second kappa shape index (κ2) is 8.26. The fourth-order valence-electron chi connectivity index (χ4n) is 3.96. The lowest BCUT2D eigenvalue weighted by Crippen LogP contribution is -2.21. The third kappa shape index (κ3) is 3.84. The van der Waals surface area contributed by atoms with Crippen LogP contribution in [0.3, 0.4) is 0 Å². The maximum absolute atomic E-state index is 13.1. The number of aromatic nitrogens is 5. The first kappa shape index (κ1) is 19.9. The van der Waals surface area contributed by atoms with Crippen LogP contribution in [0.4, 0.5) is 5.82 Å². The number of fused-ring (bicyclic) bond motifs is 1. The first-order valence-corrected chi connectivity index (χ1v) is 10.6. The molecule has 9 nitrogen and oxygen atoms in total. The molecule has 0 aliphatic carbocycles. The molecule has 3 aromatic heterocycles. The normalized spacial score (nSPS) is 16.5. The summed E-state index contributed by atoms with van der Waals surface area (Å²) in [7, 11) is 0. The zero-order valence-corrected chi connectivity index (χ0v) is 17.7. The molecule has 32 heavy (non-hydrogen) atoms. The zero-order valence-electron chi connectivity index (χ0n) is 17.7. The fourth-order valence-corrected chi connectivity index (χ4v) is 3.96.